The Labute approximate surface area is 97.7 Å². The van der Waals surface area contributed by atoms with Crippen molar-refractivity contribution < 1.29 is 22.7 Å². The van der Waals surface area contributed by atoms with Gasteiger partial charge in [0.2, 0.25) is 5.91 Å². The largest absolute Gasteiger partial charge is 0.411 e. The number of halogens is 3. The maximum Gasteiger partial charge on any atom is 0.411 e. The van der Waals surface area contributed by atoms with E-state index >= 15 is 0 Å². The van der Waals surface area contributed by atoms with Gasteiger partial charge in [-0.3, -0.25) is 4.79 Å². The highest BCUT2D eigenvalue weighted by atomic mass is 19.4. The second kappa shape index (κ2) is 7.90. The Bertz CT molecular complexity index is 274. The highest BCUT2D eigenvalue weighted by Gasteiger charge is 2.27. The summed E-state index contributed by atoms with van der Waals surface area (Å²) in [6.07, 6.45) is -3.23. The predicted octanol–water partition coefficient (Wildman–Crippen LogP) is 1.62. The van der Waals surface area contributed by atoms with Crippen LogP contribution in [0.25, 0.3) is 0 Å². The van der Waals surface area contributed by atoms with Gasteiger partial charge in [-0.15, -0.1) is 0 Å². The summed E-state index contributed by atoms with van der Waals surface area (Å²) in [5.41, 5.74) is 0. The van der Waals surface area contributed by atoms with E-state index in [0.717, 1.165) is 0 Å². The highest BCUT2D eigenvalue weighted by Crippen LogP contribution is 2.13. The van der Waals surface area contributed by atoms with Gasteiger partial charge in [0.25, 0.3) is 0 Å². The van der Waals surface area contributed by atoms with E-state index in [-0.39, 0.29) is 13.2 Å². The van der Waals surface area contributed by atoms with Crippen LogP contribution in [0.5, 0.6) is 0 Å². The average Bonchev–Trinajstić information content (AvgIpc) is 2.23. The van der Waals surface area contributed by atoms with E-state index in [2.05, 4.69) is 10.1 Å². The summed E-state index contributed by atoms with van der Waals surface area (Å²) in [5.74, 6) is -1.22. The van der Waals surface area contributed by atoms with E-state index in [1.54, 1.807) is 0 Å². The van der Waals surface area contributed by atoms with Crippen molar-refractivity contribution in [3.05, 3.63) is 0 Å². The molecular formula is C10H15F3N2O2. The normalized spacial score (nSPS) is 12.9. The lowest BCUT2D eigenvalue weighted by Gasteiger charge is -2.10. The molecular weight excluding hydrogens is 237 g/mol. The minimum atomic E-state index is -4.36. The zero-order valence-corrected chi connectivity index (χ0v) is 9.51. The van der Waals surface area contributed by atoms with Gasteiger partial charge in [-0.05, 0) is 6.42 Å². The standard InChI is InChI=1S/C10H15F3N2O2/c1-2-3-8(6-14)9(16)15-4-5-17-7-10(11,12)13/h8H,2-5,7H2,1H3,(H,15,16). The quantitative estimate of drug-likeness (QED) is 0.700. The third kappa shape index (κ3) is 8.51. The van der Waals surface area contributed by atoms with E-state index in [1.807, 2.05) is 13.0 Å². The molecule has 0 heterocycles. The molecule has 0 saturated heterocycles. The third-order valence-corrected chi connectivity index (χ3v) is 1.86. The minimum absolute atomic E-state index is 0.0309. The van der Waals surface area contributed by atoms with E-state index in [4.69, 9.17) is 5.26 Å². The molecule has 0 aliphatic carbocycles. The first kappa shape index (κ1) is 15.7. The number of hydrogen-bond acceptors (Lipinski definition) is 3. The second-order valence-corrected chi connectivity index (χ2v) is 3.43. The number of amides is 1. The fraction of sp³-hybridized carbons (Fsp3) is 0.800. The fourth-order valence-electron chi connectivity index (χ4n) is 1.10. The first-order valence-corrected chi connectivity index (χ1v) is 5.22. The Balaban J connectivity index is 3.68. The van der Waals surface area contributed by atoms with E-state index in [1.165, 1.54) is 0 Å². The third-order valence-electron chi connectivity index (χ3n) is 1.86. The fourth-order valence-corrected chi connectivity index (χ4v) is 1.10. The molecule has 0 spiro atoms. The van der Waals surface area contributed by atoms with Crippen molar-refractivity contribution in [2.45, 2.75) is 25.9 Å². The van der Waals surface area contributed by atoms with Crippen molar-refractivity contribution >= 4 is 5.91 Å². The zero-order chi connectivity index (χ0) is 13.3. The van der Waals surface area contributed by atoms with Crippen LogP contribution in [0.3, 0.4) is 0 Å². The number of rotatable bonds is 7. The van der Waals surface area contributed by atoms with Gasteiger partial charge in [-0.1, -0.05) is 13.3 Å². The Hall–Kier alpha value is -1.29. The summed E-state index contributed by atoms with van der Waals surface area (Å²) < 4.78 is 39.3. The number of hydrogen-bond donors (Lipinski definition) is 1. The maximum atomic E-state index is 11.7. The Kier molecular flexibility index (Phi) is 7.30. The monoisotopic (exact) mass is 252 g/mol. The van der Waals surface area contributed by atoms with Crippen molar-refractivity contribution in [3.8, 4) is 6.07 Å². The van der Waals surface area contributed by atoms with Gasteiger partial charge in [0.1, 0.15) is 12.5 Å². The molecule has 4 nitrogen and oxygen atoms in total. The molecule has 0 saturated carbocycles. The summed E-state index contributed by atoms with van der Waals surface area (Å²) >= 11 is 0. The number of nitrogens with one attached hydrogen (secondary N) is 1. The molecule has 0 aliphatic heterocycles. The molecule has 0 bridgehead atoms. The smallest absolute Gasteiger partial charge is 0.370 e. The van der Waals surface area contributed by atoms with Crippen LogP contribution in [0.15, 0.2) is 0 Å². The molecule has 1 atom stereocenters. The van der Waals surface area contributed by atoms with Crippen molar-refractivity contribution in [2.75, 3.05) is 19.8 Å². The molecule has 0 radical (unpaired) electrons. The minimum Gasteiger partial charge on any atom is -0.370 e. The molecule has 1 unspecified atom stereocenters. The van der Waals surface area contributed by atoms with Crippen LogP contribution in [-0.2, 0) is 9.53 Å². The number of nitriles is 1. The van der Waals surface area contributed by atoms with Crippen molar-refractivity contribution in [1.82, 2.24) is 5.32 Å². The summed E-state index contributed by atoms with van der Waals surface area (Å²) in [5, 5.41) is 11.0. The van der Waals surface area contributed by atoms with Crippen molar-refractivity contribution in [3.63, 3.8) is 0 Å². The summed E-state index contributed by atoms with van der Waals surface area (Å²) in [7, 11) is 0. The summed E-state index contributed by atoms with van der Waals surface area (Å²) in [6, 6.07) is 1.84. The van der Waals surface area contributed by atoms with Crippen LogP contribution in [0.2, 0.25) is 0 Å². The van der Waals surface area contributed by atoms with Crippen LogP contribution < -0.4 is 5.32 Å². The van der Waals surface area contributed by atoms with Gasteiger partial charge in [0, 0.05) is 6.54 Å². The Morgan fingerprint density at radius 3 is 2.65 bits per heavy atom. The first-order chi connectivity index (χ1) is 7.90. The number of carbonyl (C=O) groups is 1. The van der Waals surface area contributed by atoms with E-state index < -0.39 is 24.6 Å². The van der Waals surface area contributed by atoms with E-state index in [0.29, 0.717) is 12.8 Å². The van der Waals surface area contributed by atoms with Gasteiger partial charge in [-0.25, -0.2) is 0 Å². The zero-order valence-electron chi connectivity index (χ0n) is 9.51. The Morgan fingerprint density at radius 1 is 1.53 bits per heavy atom. The van der Waals surface area contributed by atoms with Crippen LogP contribution in [-0.4, -0.2) is 31.8 Å². The van der Waals surface area contributed by atoms with Gasteiger partial charge in [-0.2, -0.15) is 18.4 Å². The van der Waals surface area contributed by atoms with Gasteiger partial charge in [0.05, 0.1) is 12.7 Å². The number of ether oxygens (including phenoxy) is 1. The molecule has 17 heavy (non-hydrogen) atoms. The highest BCUT2D eigenvalue weighted by molar-refractivity contribution is 5.80. The summed E-state index contributed by atoms with van der Waals surface area (Å²) in [6.45, 7) is 0.246. The number of alkyl halides is 3. The molecule has 7 heteroatoms. The van der Waals surface area contributed by atoms with Crippen LogP contribution in [0.4, 0.5) is 13.2 Å². The van der Waals surface area contributed by atoms with Crippen LogP contribution in [0.1, 0.15) is 19.8 Å². The van der Waals surface area contributed by atoms with Crippen molar-refractivity contribution in [1.29, 1.82) is 5.26 Å². The molecule has 1 amide bonds. The first-order valence-electron chi connectivity index (χ1n) is 5.22. The molecule has 0 rings (SSSR count). The molecule has 0 aliphatic rings. The summed E-state index contributed by atoms with van der Waals surface area (Å²) in [4.78, 5) is 11.3. The van der Waals surface area contributed by atoms with Crippen LogP contribution in [0, 0.1) is 17.2 Å². The van der Waals surface area contributed by atoms with Crippen molar-refractivity contribution in [2.24, 2.45) is 5.92 Å². The molecule has 0 aromatic heterocycles. The van der Waals surface area contributed by atoms with Gasteiger partial charge >= 0.3 is 6.18 Å². The molecule has 0 fully saturated rings. The van der Waals surface area contributed by atoms with Crippen LogP contribution >= 0.6 is 0 Å². The number of nitrogens with zero attached hydrogens (tertiary/aromatic N) is 1. The second-order valence-electron chi connectivity index (χ2n) is 3.43. The topological polar surface area (TPSA) is 62.1 Å². The lowest BCUT2D eigenvalue weighted by Crippen LogP contribution is -2.33. The predicted molar refractivity (Wildman–Crippen MR) is 53.9 cm³/mol. The van der Waals surface area contributed by atoms with E-state index in [9.17, 15) is 18.0 Å². The lowest BCUT2D eigenvalue weighted by atomic mass is 10.1. The SMILES string of the molecule is CCCC(C#N)C(=O)NCCOCC(F)(F)F. The lowest BCUT2D eigenvalue weighted by molar-refractivity contribution is -0.173. The molecule has 98 valence electrons. The maximum absolute atomic E-state index is 11.7. The average molecular weight is 252 g/mol. The van der Waals surface area contributed by atoms with Gasteiger partial charge < -0.3 is 10.1 Å². The van der Waals surface area contributed by atoms with Gasteiger partial charge in [0.15, 0.2) is 0 Å². The Morgan fingerprint density at radius 2 is 2.18 bits per heavy atom. The molecule has 1 N–H and O–H groups in total. The molecule has 0 aromatic rings. The number of carbonyl (C=O) groups excluding carboxylic acids is 1. The molecule has 0 aromatic carbocycles.